The van der Waals surface area contributed by atoms with Gasteiger partial charge in [-0.15, -0.1) is 0 Å². The van der Waals surface area contributed by atoms with E-state index in [9.17, 15) is 19.8 Å². The van der Waals surface area contributed by atoms with E-state index in [1.807, 2.05) is 6.92 Å². The molecule has 0 aromatic heterocycles. The van der Waals surface area contributed by atoms with E-state index in [4.69, 9.17) is 0 Å². The van der Waals surface area contributed by atoms with E-state index in [2.05, 4.69) is 13.5 Å². The van der Waals surface area contributed by atoms with Crippen molar-refractivity contribution in [2.75, 3.05) is 0 Å². The summed E-state index contributed by atoms with van der Waals surface area (Å²) in [6.07, 6.45) is 5.63. The molecule has 0 aromatic rings. The monoisotopic (exact) mass is 334 g/mol. The number of aliphatic hydroxyl groups excluding tert-OH is 2. The molecule has 134 valence electrons. The van der Waals surface area contributed by atoms with Crippen molar-refractivity contribution in [2.45, 2.75) is 65.1 Å². The van der Waals surface area contributed by atoms with Crippen LogP contribution >= 0.6 is 0 Å². The number of carbonyl (C=O) groups excluding carboxylic acids is 2. The van der Waals surface area contributed by atoms with Crippen molar-refractivity contribution in [2.24, 2.45) is 22.7 Å². The Morgan fingerprint density at radius 3 is 2.67 bits per heavy atom. The molecule has 0 saturated heterocycles. The minimum Gasteiger partial charge on any atom is -0.392 e. The molecular formula is C20H30O4. The summed E-state index contributed by atoms with van der Waals surface area (Å²) in [4.78, 5) is 23.9. The third-order valence-electron chi connectivity index (χ3n) is 6.74. The minimum absolute atomic E-state index is 0.00345. The van der Waals surface area contributed by atoms with Crippen LogP contribution in [0.3, 0.4) is 0 Å². The SMILES string of the molecule is C=C(C)[C@H](O)CC[C@@H](C)[C@@H]1CC[C@@]2(C)[C@H](O)CC=C(C=O)[C@@]12C=O. The van der Waals surface area contributed by atoms with Crippen molar-refractivity contribution in [3.8, 4) is 0 Å². The first kappa shape index (κ1) is 19.1. The summed E-state index contributed by atoms with van der Waals surface area (Å²) < 4.78 is 0. The van der Waals surface area contributed by atoms with E-state index in [0.29, 0.717) is 18.4 Å². The van der Waals surface area contributed by atoms with Crippen LogP contribution in [0.1, 0.15) is 52.9 Å². The molecule has 4 heteroatoms. The first-order chi connectivity index (χ1) is 11.2. The van der Waals surface area contributed by atoms with Crippen LogP contribution < -0.4 is 0 Å². The van der Waals surface area contributed by atoms with E-state index in [1.165, 1.54) is 0 Å². The molecule has 24 heavy (non-hydrogen) atoms. The molecule has 0 spiro atoms. The molecule has 1 saturated carbocycles. The van der Waals surface area contributed by atoms with Gasteiger partial charge in [0.1, 0.15) is 12.6 Å². The number of allylic oxidation sites excluding steroid dienone is 1. The summed E-state index contributed by atoms with van der Waals surface area (Å²) in [7, 11) is 0. The Kier molecular flexibility index (Phi) is 5.50. The third kappa shape index (κ3) is 2.70. The fraction of sp³-hybridized carbons (Fsp3) is 0.700. The summed E-state index contributed by atoms with van der Waals surface area (Å²) in [6, 6.07) is 0. The van der Waals surface area contributed by atoms with Crippen LogP contribution in [0.5, 0.6) is 0 Å². The molecule has 0 aromatic carbocycles. The lowest BCUT2D eigenvalue weighted by Gasteiger charge is -2.50. The zero-order chi connectivity index (χ0) is 18.1. The molecule has 6 atom stereocenters. The molecule has 0 unspecified atom stereocenters. The number of carbonyl (C=O) groups is 2. The third-order valence-corrected chi connectivity index (χ3v) is 6.74. The fourth-order valence-corrected chi connectivity index (χ4v) is 5.00. The zero-order valence-corrected chi connectivity index (χ0v) is 15.0. The van der Waals surface area contributed by atoms with Gasteiger partial charge in [-0.1, -0.05) is 32.1 Å². The lowest BCUT2D eigenvalue weighted by molar-refractivity contribution is -0.133. The van der Waals surface area contributed by atoms with E-state index < -0.39 is 23.0 Å². The number of aldehydes is 2. The van der Waals surface area contributed by atoms with Crippen molar-refractivity contribution in [3.63, 3.8) is 0 Å². The van der Waals surface area contributed by atoms with Crippen molar-refractivity contribution < 1.29 is 19.8 Å². The molecule has 0 radical (unpaired) electrons. The zero-order valence-electron chi connectivity index (χ0n) is 15.0. The molecular weight excluding hydrogens is 304 g/mol. The Morgan fingerprint density at radius 2 is 2.12 bits per heavy atom. The van der Waals surface area contributed by atoms with Gasteiger partial charge in [0, 0.05) is 11.0 Å². The smallest absolute Gasteiger partial charge is 0.146 e. The molecule has 2 N–H and O–H groups in total. The van der Waals surface area contributed by atoms with E-state index >= 15 is 0 Å². The lowest BCUT2D eigenvalue weighted by atomic mass is 9.53. The van der Waals surface area contributed by atoms with Gasteiger partial charge in [-0.05, 0) is 50.9 Å². The number of hydrogen-bond donors (Lipinski definition) is 2. The lowest BCUT2D eigenvalue weighted by Crippen LogP contribution is -2.53. The Balaban J connectivity index is 2.32. The van der Waals surface area contributed by atoms with Gasteiger partial charge in [0.05, 0.1) is 17.6 Å². The minimum atomic E-state index is -0.917. The Bertz CT molecular complexity index is 552. The van der Waals surface area contributed by atoms with Gasteiger partial charge in [0.15, 0.2) is 0 Å². The van der Waals surface area contributed by atoms with Crippen LogP contribution in [0.15, 0.2) is 23.8 Å². The molecule has 2 rings (SSSR count). The Hall–Kier alpha value is -1.26. The maximum atomic E-state index is 12.3. The second-order valence-electron chi connectivity index (χ2n) is 8.00. The first-order valence-corrected chi connectivity index (χ1v) is 8.88. The molecule has 4 nitrogen and oxygen atoms in total. The normalized spacial score (nSPS) is 38.0. The quantitative estimate of drug-likeness (QED) is 0.554. The van der Waals surface area contributed by atoms with Crippen molar-refractivity contribution in [1.29, 1.82) is 0 Å². The Labute approximate surface area is 144 Å². The highest BCUT2D eigenvalue weighted by atomic mass is 16.3. The van der Waals surface area contributed by atoms with Crippen molar-refractivity contribution in [3.05, 3.63) is 23.8 Å². The predicted molar refractivity (Wildman–Crippen MR) is 93.3 cm³/mol. The van der Waals surface area contributed by atoms with Gasteiger partial charge >= 0.3 is 0 Å². The van der Waals surface area contributed by atoms with Gasteiger partial charge in [0.25, 0.3) is 0 Å². The molecule has 2 aliphatic rings. The summed E-state index contributed by atoms with van der Waals surface area (Å²) in [5, 5.41) is 20.6. The van der Waals surface area contributed by atoms with Gasteiger partial charge in [-0.2, -0.15) is 0 Å². The van der Waals surface area contributed by atoms with E-state index in [1.54, 1.807) is 13.0 Å². The fourth-order valence-electron chi connectivity index (χ4n) is 5.00. The first-order valence-electron chi connectivity index (χ1n) is 8.88. The van der Waals surface area contributed by atoms with Crippen LogP contribution in [0, 0.1) is 22.7 Å². The van der Waals surface area contributed by atoms with E-state index in [-0.39, 0.29) is 11.8 Å². The van der Waals surface area contributed by atoms with Crippen LogP contribution in [0.4, 0.5) is 0 Å². The molecule has 0 bridgehead atoms. The van der Waals surface area contributed by atoms with Gasteiger partial charge < -0.3 is 15.0 Å². The highest BCUT2D eigenvalue weighted by Gasteiger charge is 2.64. The molecule has 0 aliphatic heterocycles. The van der Waals surface area contributed by atoms with Crippen molar-refractivity contribution >= 4 is 12.6 Å². The average Bonchev–Trinajstić information content (AvgIpc) is 2.88. The number of aliphatic hydroxyl groups is 2. The molecule has 0 amide bonds. The standard InChI is InChI=1S/C20H30O4/c1-13(2)17(23)7-5-14(3)16-9-10-19(4)18(24)8-6-15(11-21)20(16,19)12-22/h6,11-12,14,16-18,23-24H,1,5,7-10H2,2-4H3/t14-,16+,17-,18-,19+,20+/m1/s1. The Morgan fingerprint density at radius 1 is 1.46 bits per heavy atom. The van der Waals surface area contributed by atoms with Crippen LogP contribution in [0.2, 0.25) is 0 Å². The van der Waals surface area contributed by atoms with Crippen LogP contribution in [0.25, 0.3) is 0 Å². The van der Waals surface area contributed by atoms with Crippen LogP contribution in [-0.4, -0.2) is 35.0 Å². The summed E-state index contributed by atoms with van der Waals surface area (Å²) >= 11 is 0. The number of rotatable bonds is 7. The van der Waals surface area contributed by atoms with Crippen molar-refractivity contribution in [1.82, 2.24) is 0 Å². The highest BCUT2D eigenvalue weighted by molar-refractivity contribution is 5.86. The predicted octanol–water partition coefficient (Wildman–Crippen LogP) is 2.83. The molecule has 1 fully saturated rings. The maximum absolute atomic E-state index is 12.3. The maximum Gasteiger partial charge on any atom is 0.146 e. The topological polar surface area (TPSA) is 74.6 Å². The second-order valence-corrected chi connectivity index (χ2v) is 8.00. The van der Waals surface area contributed by atoms with Gasteiger partial charge in [0.2, 0.25) is 0 Å². The van der Waals surface area contributed by atoms with Gasteiger partial charge in [-0.3, -0.25) is 4.79 Å². The molecule has 0 heterocycles. The molecule has 2 aliphatic carbocycles. The summed E-state index contributed by atoms with van der Waals surface area (Å²) in [6.45, 7) is 9.60. The largest absolute Gasteiger partial charge is 0.392 e. The van der Waals surface area contributed by atoms with Gasteiger partial charge in [-0.25, -0.2) is 0 Å². The number of fused-ring (bicyclic) bond motifs is 1. The number of hydrogen-bond acceptors (Lipinski definition) is 4. The summed E-state index contributed by atoms with van der Waals surface area (Å²) in [5.74, 6) is 0.170. The summed E-state index contributed by atoms with van der Waals surface area (Å²) in [5.41, 5.74) is -0.240. The highest BCUT2D eigenvalue weighted by Crippen LogP contribution is 2.64. The average molecular weight is 334 g/mol. The van der Waals surface area contributed by atoms with E-state index in [0.717, 1.165) is 37.4 Å². The second kappa shape index (κ2) is 6.93. The van der Waals surface area contributed by atoms with Crippen LogP contribution in [-0.2, 0) is 9.59 Å².